The van der Waals surface area contributed by atoms with Crippen LogP contribution in [0.25, 0.3) is 0 Å². The van der Waals surface area contributed by atoms with Crippen LogP contribution in [-0.4, -0.2) is 22.0 Å². The molecule has 0 atom stereocenters. The zero-order valence-corrected chi connectivity index (χ0v) is 10.6. The summed E-state index contributed by atoms with van der Waals surface area (Å²) in [5.74, 6) is -4.58. The number of aromatic carboxylic acids is 1. The van der Waals surface area contributed by atoms with Gasteiger partial charge < -0.3 is 10.4 Å². The first-order valence-corrected chi connectivity index (χ1v) is 5.89. The number of halogens is 2. The van der Waals surface area contributed by atoms with Crippen molar-refractivity contribution in [2.45, 2.75) is 6.54 Å². The number of amides is 1. The molecule has 108 valence electrons. The number of hydrogen-bond acceptors (Lipinski definition) is 3. The lowest BCUT2D eigenvalue weighted by Gasteiger charge is -2.07. The molecule has 0 saturated heterocycles. The molecule has 1 aromatic heterocycles. The van der Waals surface area contributed by atoms with Gasteiger partial charge in [0.2, 0.25) is 5.95 Å². The highest BCUT2D eigenvalue weighted by Crippen LogP contribution is 2.10. The Morgan fingerprint density at radius 2 is 2.00 bits per heavy atom. The molecular weight excluding hydrogens is 282 g/mol. The molecule has 0 radical (unpaired) electrons. The van der Waals surface area contributed by atoms with Gasteiger partial charge >= 0.3 is 5.97 Å². The number of benzene rings is 1. The number of nitrogens with one attached hydrogen (secondary N) is 1. The molecule has 0 aliphatic carbocycles. The van der Waals surface area contributed by atoms with Gasteiger partial charge in [-0.3, -0.25) is 4.79 Å². The molecule has 5 nitrogen and oxygen atoms in total. The molecule has 7 heteroatoms. The number of carbonyl (C=O) groups excluding carboxylic acids is 1. The van der Waals surface area contributed by atoms with Crippen LogP contribution in [-0.2, 0) is 6.54 Å². The first kappa shape index (κ1) is 14.6. The standard InChI is InChI=1S/C14H10F2N2O3/c15-11-10(4-5-17-12(11)16)13(19)18-7-8-2-1-3-9(6-8)14(20)21/h1-6H,7H2,(H,18,19)(H,20,21). The third-order valence-corrected chi connectivity index (χ3v) is 2.72. The molecule has 21 heavy (non-hydrogen) atoms. The molecule has 2 aromatic rings. The zero-order valence-electron chi connectivity index (χ0n) is 10.6. The lowest BCUT2D eigenvalue weighted by molar-refractivity contribution is 0.0696. The average Bonchev–Trinajstić information content (AvgIpc) is 2.48. The van der Waals surface area contributed by atoms with E-state index in [0.29, 0.717) is 5.56 Å². The summed E-state index contributed by atoms with van der Waals surface area (Å²) in [6.45, 7) is -0.0106. The van der Waals surface area contributed by atoms with Gasteiger partial charge in [0.25, 0.3) is 5.91 Å². The SMILES string of the molecule is O=C(O)c1cccc(CNC(=O)c2ccnc(F)c2F)c1. The van der Waals surface area contributed by atoms with Gasteiger partial charge in [-0.1, -0.05) is 12.1 Å². The van der Waals surface area contributed by atoms with E-state index < -0.39 is 29.2 Å². The number of rotatable bonds is 4. The first-order chi connectivity index (χ1) is 9.99. The van der Waals surface area contributed by atoms with E-state index in [0.717, 1.165) is 12.3 Å². The fourth-order valence-corrected chi connectivity index (χ4v) is 1.69. The predicted molar refractivity (Wildman–Crippen MR) is 68.7 cm³/mol. The van der Waals surface area contributed by atoms with Gasteiger partial charge in [0.1, 0.15) is 0 Å². The van der Waals surface area contributed by atoms with Crippen molar-refractivity contribution in [1.82, 2.24) is 10.3 Å². The summed E-state index contributed by atoms with van der Waals surface area (Å²) in [7, 11) is 0. The minimum atomic E-state index is -1.35. The minimum absolute atomic E-state index is 0.0106. The summed E-state index contributed by atoms with van der Waals surface area (Å²) in [4.78, 5) is 25.6. The molecule has 0 spiro atoms. The van der Waals surface area contributed by atoms with E-state index in [1.807, 2.05) is 0 Å². The lowest BCUT2D eigenvalue weighted by Crippen LogP contribution is -2.24. The van der Waals surface area contributed by atoms with Crippen LogP contribution in [0.15, 0.2) is 36.5 Å². The van der Waals surface area contributed by atoms with Crippen LogP contribution in [0, 0.1) is 11.8 Å². The van der Waals surface area contributed by atoms with E-state index >= 15 is 0 Å². The number of pyridine rings is 1. The molecule has 2 rings (SSSR count). The van der Waals surface area contributed by atoms with Crippen LogP contribution in [0.1, 0.15) is 26.3 Å². The highest BCUT2D eigenvalue weighted by molar-refractivity contribution is 5.94. The summed E-state index contributed by atoms with van der Waals surface area (Å²) in [6, 6.07) is 6.98. The van der Waals surface area contributed by atoms with E-state index in [1.54, 1.807) is 6.07 Å². The molecule has 1 heterocycles. The number of carbonyl (C=O) groups is 2. The van der Waals surface area contributed by atoms with Crippen molar-refractivity contribution in [2.75, 3.05) is 0 Å². The predicted octanol–water partition coefficient (Wildman–Crippen LogP) is 1.99. The molecule has 0 aliphatic rings. The van der Waals surface area contributed by atoms with Crippen LogP contribution in [0.3, 0.4) is 0 Å². The Morgan fingerprint density at radius 1 is 1.24 bits per heavy atom. The van der Waals surface area contributed by atoms with Gasteiger partial charge in [-0.25, -0.2) is 14.2 Å². The van der Waals surface area contributed by atoms with E-state index in [4.69, 9.17) is 5.11 Å². The largest absolute Gasteiger partial charge is 0.478 e. The Hall–Kier alpha value is -2.83. The Bertz CT molecular complexity index is 704. The minimum Gasteiger partial charge on any atom is -0.478 e. The summed E-state index contributed by atoms with van der Waals surface area (Å²) in [6.07, 6.45) is 0.985. The van der Waals surface area contributed by atoms with Gasteiger partial charge in [0.05, 0.1) is 11.1 Å². The number of carboxylic acid groups (broad SMARTS) is 1. The van der Waals surface area contributed by atoms with Crippen LogP contribution in [0.5, 0.6) is 0 Å². The Balaban J connectivity index is 2.09. The maximum Gasteiger partial charge on any atom is 0.335 e. The van der Waals surface area contributed by atoms with Gasteiger partial charge in [-0.15, -0.1) is 0 Å². The zero-order chi connectivity index (χ0) is 15.4. The lowest BCUT2D eigenvalue weighted by atomic mass is 10.1. The van der Waals surface area contributed by atoms with Crippen molar-refractivity contribution >= 4 is 11.9 Å². The maximum absolute atomic E-state index is 13.4. The molecule has 1 amide bonds. The van der Waals surface area contributed by atoms with Gasteiger partial charge in [0, 0.05) is 12.7 Å². The molecule has 2 N–H and O–H groups in total. The van der Waals surface area contributed by atoms with Crippen LogP contribution in [0.2, 0.25) is 0 Å². The van der Waals surface area contributed by atoms with E-state index in [2.05, 4.69) is 10.3 Å². The molecule has 0 bridgehead atoms. The highest BCUT2D eigenvalue weighted by Gasteiger charge is 2.15. The van der Waals surface area contributed by atoms with Crippen LogP contribution >= 0.6 is 0 Å². The molecule has 0 aliphatic heterocycles. The summed E-state index contributed by atoms with van der Waals surface area (Å²) < 4.78 is 26.3. The Kier molecular flexibility index (Phi) is 4.22. The number of hydrogen-bond donors (Lipinski definition) is 2. The average molecular weight is 292 g/mol. The van der Waals surface area contributed by atoms with Crippen molar-refractivity contribution in [2.24, 2.45) is 0 Å². The molecule has 0 unspecified atom stereocenters. The molecular formula is C14H10F2N2O3. The molecule has 0 fully saturated rings. The second-order valence-electron chi connectivity index (χ2n) is 4.15. The fourth-order valence-electron chi connectivity index (χ4n) is 1.69. The fraction of sp³-hybridized carbons (Fsp3) is 0.0714. The second-order valence-corrected chi connectivity index (χ2v) is 4.15. The van der Waals surface area contributed by atoms with Crippen LogP contribution in [0.4, 0.5) is 8.78 Å². The monoisotopic (exact) mass is 292 g/mol. The quantitative estimate of drug-likeness (QED) is 0.845. The Morgan fingerprint density at radius 3 is 2.71 bits per heavy atom. The van der Waals surface area contributed by atoms with Crippen molar-refractivity contribution < 1.29 is 23.5 Å². The van der Waals surface area contributed by atoms with Crippen molar-refractivity contribution in [3.63, 3.8) is 0 Å². The third kappa shape index (κ3) is 3.38. The van der Waals surface area contributed by atoms with E-state index in [9.17, 15) is 18.4 Å². The first-order valence-electron chi connectivity index (χ1n) is 5.89. The van der Waals surface area contributed by atoms with Gasteiger partial charge in [0.15, 0.2) is 5.82 Å². The summed E-state index contributed by atoms with van der Waals surface area (Å²) in [5, 5.41) is 11.2. The third-order valence-electron chi connectivity index (χ3n) is 2.72. The van der Waals surface area contributed by atoms with Crippen LogP contribution < -0.4 is 5.32 Å². The van der Waals surface area contributed by atoms with Gasteiger partial charge in [-0.05, 0) is 23.8 Å². The van der Waals surface area contributed by atoms with Crippen molar-refractivity contribution in [3.8, 4) is 0 Å². The number of aromatic nitrogens is 1. The molecule has 0 saturated carbocycles. The van der Waals surface area contributed by atoms with E-state index in [1.165, 1.54) is 18.2 Å². The number of carboxylic acids is 1. The normalized spacial score (nSPS) is 10.2. The molecule has 1 aromatic carbocycles. The van der Waals surface area contributed by atoms with E-state index in [-0.39, 0.29) is 12.1 Å². The smallest absolute Gasteiger partial charge is 0.335 e. The summed E-state index contributed by atoms with van der Waals surface area (Å²) in [5.41, 5.74) is 0.137. The number of nitrogens with zero attached hydrogens (tertiary/aromatic N) is 1. The van der Waals surface area contributed by atoms with Gasteiger partial charge in [-0.2, -0.15) is 4.39 Å². The maximum atomic E-state index is 13.4. The van der Waals surface area contributed by atoms with Crippen molar-refractivity contribution in [1.29, 1.82) is 0 Å². The highest BCUT2D eigenvalue weighted by atomic mass is 19.2. The Labute approximate surface area is 118 Å². The van der Waals surface area contributed by atoms with Crippen molar-refractivity contribution in [3.05, 3.63) is 65.0 Å². The second kappa shape index (κ2) is 6.08. The summed E-state index contributed by atoms with van der Waals surface area (Å²) >= 11 is 0. The topological polar surface area (TPSA) is 79.3 Å².